The van der Waals surface area contributed by atoms with Gasteiger partial charge in [-0.2, -0.15) is 0 Å². The summed E-state index contributed by atoms with van der Waals surface area (Å²) in [6.45, 7) is 3.67. The van der Waals surface area contributed by atoms with E-state index in [1.54, 1.807) is 31.2 Å². The summed E-state index contributed by atoms with van der Waals surface area (Å²) in [5, 5.41) is 0. The predicted octanol–water partition coefficient (Wildman–Crippen LogP) is 3.26. The lowest BCUT2D eigenvalue weighted by atomic mass is 10.1. The zero-order valence-electron chi connectivity index (χ0n) is 11.0. The summed E-state index contributed by atoms with van der Waals surface area (Å²) in [6, 6.07) is 7.00. The fraction of sp³-hybridized carbons (Fsp3) is 0.429. The van der Waals surface area contributed by atoms with Crippen LogP contribution in [0, 0.1) is 0 Å². The van der Waals surface area contributed by atoms with Crippen molar-refractivity contribution in [2.75, 3.05) is 0 Å². The molecule has 0 aliphatic carbocycles. The molecule has 0 saturated heterocycles. The Bertz CT molecular complexity index is 445. The summed E-state index contributed by atoms with van der Waals surface area (Å²) in [4.78, 5) is 23.0. The number of carbonyl (C=O) groups excluding carboxylic acids is 2. The zero-order valence-corrected chi connectivity index (χ0v) is 13.2. The summed E-state index contributed by atoms with van der Waals surface area (Å²) in [6.07, 6.45) is 1.16. The number of rotatable bonds is 6. The zero-order chi connectivity index (χ0) is 14.3. The van der Waals surface area contributed by atoms with Crippen LogP contribution in [0.25, 0.3) is 0 Å². The molecule has 0 bridgehead atoms. The molecular formula is C14H17IO4. The molecule has 1 atom stereocenters. The van der Waals surface area contributed by atoms with E-state index in [0.717, 1.165) is 6.42 Å². The van der Waals surface area contributed by atoms with Crippen LogP contribution in [-0.2, 0) is 20.7 Å². The summed E-state index contributed by atoms with van der Waals surface area (Å²) < 4.78 is 10.2. The van der Waals surface area contributed by atoms with Crippen LogP contribution in [-0.4, -0.2) is 16.0 Å². The number of halogens is 1. The van der Waals surface area contributed by atoms with Crippen molar-refractivity contribution in [2.24, 2.45) is 0 Å². The molecule has 104 valence electrons. The van der Waals surface area contributed by atoms with Crippen LogP contribution in [0.5, 0.6) is 5.75 Å². The lowest BCUT2D eigenvalue weighted by Gasteiger charge is -2.11. The van der Waals surface area contributed by atoms with Crippen molar-refractivity contribution in [3.8, 4) is 5.75 Å². The van der Waals surface area contributed by atoms with Gasteiger partial charge in [-0.3, -0.25) is 9.59 Å². The molecule has 0 spiro atoms. The first-order valence-electron chi connectivity index (χ1n) is 6.19. The Balaban J connectivity index is 2.72. The van der Waals surface area contributed by atoms with E-state index in [1.807, 2.05) is 6.92 Å². The van der Waals surface area contributed by atoms with Gasteiger partial charge in [0.2, 0.25) is 0 Å². The van der Waals surface area contributed by atoms with Crippen molar-refractivity contribution in [3.63, 3.8) is 0 Å². The number of alkyl halides is 1. The molecule has 0 amide bonds. The van der Waals surface area contributed by atoms with E-state index in [4.69, 9.17) is 9.47 Å². The standard InChI is InChI=1S/C14H17IO4/c1-3-12(15)19-14(17)9-10-7-5-6-8-11(10)18-13(16)4-2/h5-8,12H,3-4,9H2,1-2H3. The molecule has 0 aliphatic heterocycles. The molecule has 1 rings (SSSR count). The highest BCUT2D eigenvalue weighted by Crippen LogP contribution is 2.20. The maximum absolute atomic E-state index is 11.7. The molecular weight excluding hydrogens is 359 g/mol. The van der Waals surface area contributed by atoms with Crippen molar-refractivity contribution in [2.45, 2.75) is 37.2 Å². The Hall–Kier alpha value is -1.11. The highest BCUT2D eigenvalue weighted by molar-refractivity contribution is 14.1. The number of benzene rings is 1. The third-order valence-corrected chi connectivity index (χ3v) is 3.54. The third-order valence-electron chi connectivity index (χ3n) is 2.40. The van der Waals surface area contributed by atoms with Gasteiger partial charge in [0.05, 0.1) is 6.42 Å². The Labute approximate surface area is 126 Å². The van der Waals surface area contributed by atoms with Crippen molar-refractivity contribution in [1.82, 2.24) is 0 Å². The van der Waals surface area contributed by atoms with Crippen LogP contribution in [0.1, 0.15) is 32.3 Å². The SMILES string of the molecule is CCC(=O)Oc1ccccc1CC(=O)OC(I)CC. The first-order chi connectivity index (χ1) is 9.06. The van der Waals surface area contributed by atoms with Crippen LogP contribution in [0.3, 0.4) is 0 Å². The van der Waals surface area contributed by atoms with E-state index in [9.17, 15) is 9.59 Å². The lowest BCUT2D eigenvalue weighted by molar-refractivity contribution is -0.144. The Morgan fingerprint density at radius 1 is 1.21 bits per heavy atom. The van der Waals surface area contributed by atoms with Gasteiger partial charge in [-0.15, -0.1) is 0 Å². The molecule has 1 aromatic rings. The van der Waals surface area contributed by atoms with Crippen molar-refractivity contribution < 1.29 is 19.1 Å². The lowest BCUT2D eigenvalue weighted by Crippen LogP contribution is -2.15. The van der Waals surface area contributed by atoms with Crippen LogP contribution >= 0.6 is 22.6 Å². The predicted molar refractivity (Wildman–Crippen MR) is 80.3 cm³/mol. The fourth-order valence-electron chi connectivity index (χ4n) is 1.37. The molecule has 0 heterocycles. The van der Waals surface area contributed by atoms with Gasteiger partial charge in [-0.25, -0.2) is 0 Å². The van der Waals surface area contributed by atoms with Gasteiger partial charge in [0.1, 0.15) is 5.75 Å². The Morgan fingerprint density at radius 2 is 1.89 bits per heavy atom. The number of esters is 2. The molecule has 1 aromatic carbocycles. The number of hydrogen-bond donors (Lipinski definition) is 0. The van der Waals surface area contributed by atoms with Crippen molar-refractivity contribution >= 4 is 34.5 Å². The largest absolute Gasteiger partial charge is 0.451 e. The second kappa shape index (κ2) is 8.14. The van der Waals surface area contributed by atoms with E-state index in [1.165, 1.54) is 0 Å². The fourth-order valence-corrected chi connectivity index (χ4v) is 1.65. The van der Waals surface area contributed by atoms with Gasteiger partial charge < -0.3 is 9.47 Å². The molecule has 1 unspecified atom stereocenters. The number of ether oxygens (including phenoxy) is 2. The van der Waals surface area contributed by atoms with Crippen LogP contribution in [0.4, 0.5) is 0 Å². The normalized spacial score (nSPS) is 11.7. The van der Waals surface area contributed by atoms with Crippen LogP contribution in [0.15, 0.2) is 24.3 Å². The van der Waals surface area contributed by atoms with Crippen molar-refractivity contribution in [1.29, 1.82) is 0 Å². The molecule has 0 aliphatic rings. The molecule has 19 heavy (non-hydrogen) atoms. The minimum Gasteiger partial charge on any atom is -0.451 e. The molecule has 0 fully saturated rings. The molecule has 0 radical (unpaired) electrons. The highest BCUT2D eigenvalue weighted by atomic mass is 127. The third kappa shape index (κ3) is 5.59. The summed E-state index contributed by atoms with van der Waals surface area (Å²) in [5.74, 6) is -0.213. The average molecular weight is 376 g/mol. The molecule has 5 heteroatoms. The van der Waals surface area contributed by atoms with Gasteiger partial charge in [0.15, 0.2) is 4.11 Å². The highest BCUT2D eigenvalue weighted by Gasteiger charge is 2.14. The average Bonchev–Trinajstić information content (AvgIpc) is 2.40. The van der Waals surface area contributed by atoms with E-state index < -0.39 is 0 Å². The Kier molecular flexibility index (Phi) is 6.83. The number of carbonyl (C=O) groups is 2. The topological polar surface area (TPSA) is 52.6 Å². The second-order valence-electron chi connectivity index (χ2n) is 3.92. The quantitative estimate of drug-likeness (QED) is 0.331. The first kappa shape index (κ1) is 15.9. The smallest absolute Gasteiger partial charge is 0.311 e. The van der Waals surface area contributed by atoms with Crippen LogP contribution < -0.4 is 4.74 Å². The molecule has 0 saturated carbocycles. The monoisotopic (exact) mass is 376 g/mol. The minimum atomic E-state index is -0.318. The molecule has 4 nitrogen and oxygen atoms in total. The van der Waals surface area contributed by atoms with Gasteiger partial charge in [-0.1, -0.05) is 32.0 Å². The van der Waals surface area contributed by atoms with E-state index in [2.05, 4.69) is 22.6 Å². The van der Waals surface area contributed by atoms with E-state index in [0.29, 0.717) is 17.7 Å². The summed E-state index contributed by atoms with van der Waals surface area (Å²) >= 11 is 2.07. The maximum atomic E-state index is 11.7. The van der Waals surface area contributed by atoms with Crippen LogP contribution in [0.2, 0.25) is 0 Å². The number of para-hydroxylation sites is 1. The molecule has 0 aromatic heterocycles. The van der Waals surface area contributed by atoms with Gasteiger partial charge in [0, 0.05) is 12.0 Å². The maximum Gasteiger partial charge on any atom is 0.311 e. The van der Waals surface area contributed by atoms with E-state index >= 15 is 0 Å². The van der Waals surface area contributed by atoms with Gasteiger partial charge in [0.25, 0.3) is 0 Å². The Morgan fingerprint density at radius 3 is 2.53 bits per heavy atom. The summed E-state index contributed by atoms with van der Waals surface area (Å²) in [7, 11) is 0. The van der Waals surface area contributed by atoms with Gasteiger partial charge in [-0.05, 0) is 35.1 Å². The first-order valence-corrected chi connectivity index (χ1v) is 7.43. The number of hydrogen-bond acceptors (Lipinski definition) is 4. The molecule has 0 N–H and O–H groups in total. The summed E-state index contributed by atoms with van der Waals surface area (Å²) in [5.41, 5.74) is 0.661. The van der Waals surface area contributed by atoms with Crippen molar-refractivity contribution in [3.05, 3.63) is 29.8 Å². The van der Waals surface area contributed by atoms with Gasteiger partial charge >= 0.3 is 11.9 Å². The minimum absolute atomic E-state index is 0.104. The second-order valence-corrected chi connectivity index (χ2v) is 5.31. The van der Waals surface area contributed by atoms with E-state index in [-0.39, 0.29) is 22.5 Å².